The molecular weight excluding hydrogens is 430 g/mol. The van der Waals surface area contributed by atoms with Crippen molar-refractivity contribution in [3.63, 3.8) is 0 Å². The highest BCUT2D eigenvalue weighted by atomic mass is 79.9. The Hall–Kier alpha value is -2.86. The van der Waals surface area contributed by atoms with Gasteiger partial charge >= 0.3 is 0 Å². The zero-order chi connectivity index (χ0) is 20.0. The molecule has 0 saturated carbocycles. The van der Waals surface area contributed by atoms with E-state index in [-0.39, 0.29) is 6.04 Å². The number of hydrazone groups is 1. The van der Waals surface area contributed by atoms with Crippen molar-refractivity contribution in [1.29, 1.82) is 0 Å². The number of aromatic nitrogens is 1. The zero-order valence-corrected chi connectivity index (χ0v) is 17.8. The number of benzene rings is 2. The van der Waals surface area contributed by atoms with E-state index in [4.69, 9.17) is 14.6 Å². The van der Waals surface area contributed by atoms with E-state index < -0.39 is 5.72 Å². The second-order valence-electron chi connectivity index (χ2n) is 7.34. The molecule has 0 aliphatic carbocycles. The molecule has 0 N–H and O–H groups in total. The third-order valence-corrected chi connectivity index (χ3v) is 6.12. The number of rotatable bonds is 3. The Morgan fingerprint density at radius 1 is 1.10 bits per heavy atom. The predicted octanol–water partition coefficient (Wildman–Crippen LogP) is 5.27. The molecule has 6 heteroatoms. The van der Waals surface area contributed by atoms with Gasteiger partial charge in [-0.1, -0.05) is 15.9 Å². The molecule has 3 heterocycles. The first kappa shape index (κ1) is 18.2. The summed E-state index contributed by atoms with van der Waals surface area (Å²) in [6, 6.07) is 18.3. The molecular formula is C23H20BrN3O2. The van der Waals surface area contributed by atoms with E-state index in [1.165, 1.54) is 0 Å². The Morgan fingerprint density at radius 2 is 1.86 bits per heavy atom. The number of methoxy groups -OCH3 is 1. The molecule has 0 spiro atoms. The summed E-state index contributed by atoms with van der Waals surface area (Å²) in [5, 5.41) is 7.14. The summed E-state index contributed by atoms with van der Waals surface area (Å²) in [7, 11) is 1.68. The Balaban J connectivity index is 1.62. The summed E-state index contributed by atoms with van der Waals surface area (Å²) in [5.41, 5.74) is 3.56. The quantitative estimate of drug-likeness (QED) is 0.546. The van der Waals surface area contributed by atoms with Gasteiger partial charge in [0.2, 0.25) is 5.72 Å². The van der Waals surface area contributed by atoms with Crippen molar-refractivity contribution in [3.8, 4) is 11.5 Å². The van der Waals surface area contributed by atoms with Crippen LogP contribution in [0.25, 0.3) is 0 Å². The maximum absolute atomic E-state index is 6.55. The van der Waals surface area contributed by atoms with Gasteiger partial charge in [0.1, 0.15) is 11.5 Å². The van der Waals surface area contributed by atoms with Crippen molar-refractivity contribution in [1.82, 2.24) is 9.99 Å². The van der Waals surface area contributed by atoms with E-state index in [0.29, 0.717) is 0 Å². The SMILES string of the molecule is COc1ccc(C2=NN3C(C2)c2cc(Br)ccc2OC3(C)c2ccncc2)cc1. The minimum absolute atomic E-state index is 0.0894. The molecule has 5 rings (SSSR count). The molecule has 1 aromatic heterocycles. The summed E-state index contributed by atoms with van der Waals surface area (Å²) >= 11 is 3.60. The number of nitrogens with zero attached hydrogens (tertiary/aromatic N) is 3. The second-order valence-corrected chi connectivity index (χ2v) is 8.26. The van der Waals surface area contributed by atoms with E-state index in [9.17, 15) is 0 Å². The number of hydrogen-bond donors (Lipinski definition) is 0. The van der Waals surface area contributed by atoms with E-state index in [2.05, 4.69) is 51.0 Å². The third-order valence-electron chi connectivity index (χ3n) is 5.63. The van der Waals surface area contributed by atoms with Gasteiger partial charge < -0.3 is 9.47 Å². The van der Waals surface area contributed by atoms with E-state index in [0.717, 1.165) is 44.8 Å². The summed E-state index contributed by atoms with van der Waals surface area (Å²) in [6.07, 6.45) is 4.39. The number of ether oxygens (including phenoxy) is 2. The van der Waals surface area contributed by atoms with Gasteiger partial charge in [0, 0.05) is 41.3 Å². The lowest BCUT2D eigenvalue weighted by Crippen LogP contribution is -2.48. The number of hydrogen-bond acceptors (Lipinski definition) is 5. The summed E-state index contributed by atoms with van der Waals surface area (Å²) in [4.78, 5) is 4.16. The third kappa shape index (κ3) is 2.99. The highest BCUT2D eigenvalue weighted by molar-refractivity contribution is 9.10. The van der Waals surface area contributed by atoms with Gasteiger partial charge in [-0.2, -0.15) is 5.10 Å². The molecule has 0 amide bonds. The van der Waals surface area contributed by atoms with E-state index >= 15 is 0 Å². The van der Waals surface area contributed by atoms with Crippen molar-refractivity contribution in [3.05, 3.63) is 88.2 Å². The molecule has 2 aliphatic heterocycles. The van der Waals surface area contributed by atoms with Crippen LogP contribution < -0.4 is 9.47 Å². The molecule has 5 nitrogen and oxygen atoms in total. The fourth-order valence-corrected chi connectivity index (χ4v) is 4.47. The molecule has 2 aliphatic rings. The average Bonchev–Trinajstić information content (AvgIpc) is 3.22. The van der Waals surface area contributed by atoms with Crippen molar-refractivity contribution >= 4 is 21.6 Å². The van der Waals surface area contributed by atoms with Crippen LogP contribution in [0.4, 0.5) is 0 Å². The first-order valence-corrected chi connectivity index (χ1v) is 10.3. The minimum atomic E-state index is -0.720. The van der Waals surface area contributed by atoms with Gasteiger partial charge in [0.15, 0.2) is 0 Å². The van der Waals surface area contributed by atoms with Crippen LogP contribution in [0, 0.1) is 0 Å². The van der Waals surface area contributed by atoms with Gasteiger partial charge in [-0.05, 0) is 60.2 Å². The monoisotopic (exact) mass is 449 g/mol. The summed E-state index contributed by atoms with van der Waals surface area (Å²) in [6.45, 7) is 2.07. The van der Waals surface area contributed by atoms with Gasteiger partial charge in [0.05, 0.1) is 18.9 Å². The fraction of sp³-hybridized carbons (Fsp3) is 0.217. The number of pyridine rings is 1. The first-order valence-electron chi connectivity index (χ1n) is 9.49. The highest BCUT2D eigenvalue weighted by Gasteiger charge is 2.48. The first-order chi connectivity index (χ1) is 14.1. The molecule has 146 valence electrons. The van der Waals surface area contributed by atoms with Crippen molar-refractivity contribution < 1.29 is 9.47 Å². The molecule has 2 unspecified atom stereocenters. The Labute approximate surface area is 178 Å². The second kappa shape index (κ2) is 6.88. The number of halogens is 1. The largest absolute Gasteiger partial charge is 0.497 e. The molecule has 0 radical (unpaired) electrons. The standard InChI is InChI=1S/C23H20BrN3O2/c1-23(16-9-11-25-12-10-16)27-21(19-13-17(24)5-8-22(19)29-23)14-20(26-27)15-3-6-18(28-2)7-4-15/h3-13,21H,14H2,1-2H3. The average molecular weight is 450 g/mol. The molecule has 2 aromatic carbocycles. The van der Waals surface area contributed by atoms with Gasteiger partial charge in [-0.25, -0.2) is 5.01 Å². The topological polar surface area (TPSA) is 47.0 Å². The molecule has 3 aromatic rings. The van der Waals surface area contributed by atoms with Gasteiger partial charge in [-0.15, -0.1) is 0 Å². The lowest BCUT2D eigenvalue weighted by Gasteiger charge is -2.46. The van der Waals surface area contributed by atoms with Crippen molar-refractivity contribution in [2.24, 2.45) is 5.10 Å². The maximum atomic E-state index is 6.55. The van der Waals surface area contributed by atoms with Crippen LogP contribution in [-0.2, 0) is 5.72 Å². The smallest absolute Gasteiger partial charge is 0.221 e. The highest BCUT2D eigenvalue weighted by Crippen LogP contribution is 2.50. The lowest BCUT2D eigenvalue weighted by molar-refractivity contribution is -0.112. The zero-order valence-electron chi connectivity index (χ0n) is 16.2. The molecule has 2 atom stereocenters. The van der Waals surface area contributed by atoms with Crippen LogP contribution in [0.2, 0.25) is 0 Å². The van der Waals surface area contributed by atoms with Crippen LogP contribution >= 0.6 is 15.9 Å². The minimum Gasteiger partial charge on any atom is -0.497 e. The van der Waals surface area contributed by atoms with Crippen LogP contribution in [0.1, 0.15) is 36.1 Å². The lowest BCUT2D eigenvalue weighted by atomic mass is 9.93. The van der Waals surface area contributed by atoms with Crippen LogP contribution in [0.3, 0.4) is 0 Å². The normalized spacial score (nSPS) is 22.4. The van der Waals surface area contributed by atoms with Crippen LogP contribution in [0.15, 0.2) is 76.6 Å². The van der Waals surface area contributed by atoms with Crippen molar-refractivity contribution in [2.45, 2.75) is 25.1 Å². The Kier molecular flexibility index (Phi) is 4.32. The van der Waals surface area contributed by atoms with Gasteiger partial charge in [0.25, 0.3) is 0 Å². The van der Waals surface area contributed by atoms with Gasteiger partial charge in [-0.3, -0.25) is 4.98 Å². The Bertz CT molecular complexity index is 1090. The summed E-state index contributed by atoms with van der Waals surface area (Å²) in [5.74, 6) is 1.73. The fourth-order valence-electron chi connectivity index (χ4n) is 4.09. The van der Waals surface area contributed by atoms with Crippen LogP contribution in [0.5, 0.6) is 11.5 Å². The predicted molar refractivity (Wildman–Crippen MR) is 115 cm³/mol. The van der Waals surface area contributed by atoms with Crippen LogP contribution in [-0.4, -0.2) is 22.8 Å². The molecule has 0 saturated heterocycles. The molecule has 0 fully saturated rings. The van der Waals surface area contributed by atoms with E-state index in [1.807, 2.05) is 36.4 Å². The summed E-state index contributed by atoms with van der Waals surface area (Å²) < 4.78 is 12.9. The maximum Gasteiger partial charge on any atom is 0.221 e. The Morgan fingerprint density at radius 3 is 2.59 bits per heavy atom. The molecule has 0 bridgehead atoms. The number of fused-ring (bicyclic) bond motifs is 3. The van der Waals surface area contributed by atoms with E-state index in [1.54, 1.807) is 19.5 Å². The molecule has 29 heavy (non-hydrogen) atoms. The van der Waals surface area contributed by atoms with Crippen molar-refractivity contribution in [2.75, 3.05) is 7.11 Å².